The van der Waals surface area contributed by atoms with Crippen molar-refractivity contribution in [2.75, 3.05) is 17.3 Å². The van der Waals surface area contributed by atoms with Gasteiger partial charge in [0.25, 0.3) is 0 Å². The van der Waals surface area contributed by atoms with Crippen LogP contribution in [0.2, 0.25) is 0 Å². The van der Waals surface area contributed by atoms with Crippen LogP contribution in [0.25, 0.3) is 0 Å². The lowest BCUT2D eigenvalue weighted by atomic mass is 9.80. The largest absolute Gasteiger partial charge is 0.298 e. The summed E-state index contributed by atoms with van der Waals surface area (Å²) >= 11 is 7.78. The summed E-state index contributed by atoms with van der Waals surface area (Å²) in [4.78, 5) is 11.1. The van der Waals surface area contributed by atoms with Crippen LogP contribution < -0.4 is 0 Å². The average molecular weight is 357 g/mol. The highest BCUT2D eigenvalue weighted by atomic mass is 79.9. The van der Waals surface area contributed by atoms with Crippen LogP contribution in [0.4, 0.5) is 0 Å². The molecule has 0 bridgehead atoms. The molecule has 19 heavy (non-hydrogen) atoms. The van der Waals surface area contributed by atoms with Gasteiger partial charge in [0.05, 0.1) is 0 Å². The smallest absolute Gasteiger partial charge is 0.151 e. The van der Waals surface area contributed by atoms with E-state index in [9.17, 15) is 4.79 Å². The standard InChI is InChI=1S/C15H17BrOS2/c16-14-7-13-10(6-11(14)8-17)2-1-3-12(13)15-9-18-4-5-19-15/h6-8,12,15H,1-5,9H2. The van der Waals surface area contributed by atoms with Crippen LogP contribution in [0.15, 0.2) is 16.6 Å². The van der Waals surface area contributed by atoms with E-state index in [-0.39, 0.29) is 0 Å². The molecule has 1 aliphatic carbocycles. The van der Waals surface area contributed by atoms with Gasteiger partial charge in [0.1, 0.15) is 0 Å². The Morgan fingerprint density at radius 1 is 1.32 bits per heavy atom. The summed E-state index contributed by atoms with van der Waals surface area (Å²) in [6, 6.07) is 4.31. The summed E-state index contributed by atoms with van der Waals surface area (Å²) < 4.78 is 0.960. The van der Waals surface area contributed by atoms with Crippen LogP contribution in [0.1, 0.15) is 40.2 Å². The zero-order valence-corrected chi connectivity index (χ0v) is 14.0. The summed E-state index contributed by atoms with van der Waals surface area (Å²) in [5.74, 6) is 4.55. The molecule has 1 aromatic carbocycles. The van der Waals surface area contributed by atoms with Crippen molar-refractivity contribution in [2.45, 2.75) is 30.4 Å². The van der Waals surface area contributed by atoms with Crippen LogP contribution in [-0.2, 0) is 6.42 Å². The van der Waals surface area contributed by atoms with E-state index < -0.39 is 0 Å². The van der Waals surface area contributed by atoms with Crippen molar-refractivity contribution < 1.29 is 4.79 Å². The zero-order valence-electron chi connectivity index (χ0n) is 10.7. The molecule has 1 aliphatic heterocycles. The van der Waals surface area contributed by atoms with E-state index in [4.69, 9.17) is 0 Å². The molecule has 4 heteroatoms. The molecule has 0 N–H and O–H groups in total. The number of carbonyl (C=O) groups is 1. The molecule has 1 heterocycles. The number of hydrogen-bond donors (Lipinski definition) is 0. The number of halogens is 1. The Bertz CT molecular complexity index is 483. The maximum Gasteiger partial charge on any atom is 0.151 e. The summed E-state index contributed by atoms with van der Waals surface area (Å²) in [5, 5.41) is 0.756. The van der Waals surface area contributed by atoms with E-state index >= 15 is 0 Å². The predicted molar refractivity (Wildman–Crippen MR) is 88.8 cm³/mol. The quantitative estimate of drug-likeness (QED) is 0.724. The first-order chi connectivity index (χ1) is 9.29. The number of carbonyl (C=O) groups excluding carboxylic acids is 1. The molecule has 0 amide bonds. The minimum Gasteiger partial charge on any atom is -0.298 e. The van der Waals surface area contributed by atoms with Crippen molar-refractivity contribution in [1.29, 1.82) is 0 Å². The van der Waals surface area contributed by atoms with Gasteiger partial charge in [-0.1, -0.05) is 15.9 Å². The molecule has 0 spiro atoms. The molecule has 2 atom stereocenters. The SMILES string of the molecule is O=Cc1cc2c(cc1Br)C(C1CSCCS1)CCC2. The fourth-order valence-electron chi connectivity index (χ4n) is 3.10. The fourth-order valence-corrected chi connectivity index (χ4v) is 6.53. The van der Waals surface area contributed by atoms with E-state index in [0.29, 0.717) is 5.92 Å². The third-order valence-corrected chi connectivity index (χ3v) is 7.64. The fraction of sp³-hybridized carbons (Fsp3) is 0.533. The average Bonchev–Trinajstić information content (AvgIpc) is 2.47. The summed E-state index contributed by atoms with van der Waals surface area (Å²) in [6.07, 6.45) is 4.65. The van der Waals surface area contributed by atoms with Gasteiger partial charge in [0.2, 0.25) is 0 Å². The number of aldehydes is 1. The molecule has 1 nitrogen and oxygen atoms in total. The first kappa shape index (κ1) is 14.0. The zero-order chi connectivity index (χ0) is 13.2. The number of benzene rings is 1. The van der Waals surface area contributed by atoms with Crippen LogP contribution in [0.3, 0.4) is 0 Å². The Balaban J connectivity index is 1.94. The summed E-state index contributed by atoms with van der Waals surface area (Å²) in [6.45, 7) is 0. The highest BCUT2D eigenvalue weighted by Crippen LogP contribution is 2.43. The molecule has 102 valence electrons. The van der Waals surface area contributed by atoms with Crippen LogP contribution in [0.5, 0.6) is 0 Å². The lowest BCUT2D eigenvalue weighted by molar-refractivity contribution is 0.112. The Morgan fingerprint density at radius 2 is 2.21 bits per heavy atom. The molecule has 1 saturated heterocycles. The van der Waals surface area contributed by atoms with E-state index in [1.54, 1.807) is 0 Å². The molecular formula is C15H17BrOS2. The lowest BCUT2D eigenvalue weighted by Crippen LogP contribution is -2.26. The number of aryl methyl sites for hydroxylation is 1. The van der Waals surface area contributed by atoms with Crippen LogP contribution in [0, 0.1) is 0 Å². The highest BCUT2D eigenvalue weighted by molar-refractivity contribution is 9.10. The first-order valence-corrected chi connectivity index (χ1v) is 9.76. The molecule has 0 aromatic heterocycles. The van der Waals surface area contributed by atoms with Crippen molar-refractivity contribution >= 4 is 45.7 Å². The molecule has 0 radical (unpaired) electrons. The van der Waals surface area contributed by atoms with Crippen molar-refractivity contribution in [3.8, 4) is 0 Å². The maximum absolute atomic E-state index is 11.1. The third kappa shape index (κ3) is 2.91. The van der Waals surface area contributed by atoms with Gasteiger partial charge >= 0.3 is 0 Å². The third-order valence-electron chi connectivity index (χ3n) is 4.04. The van der Waals surface area contributed by atoms with E-state index in [2.05, 4.69) is 51.6 Å². The number of fused-ring (bicyclic) bond motifs is 1. The number of rotatable bonds is 2. The Hall–Kier alpha value is 0.0700. The number of hydrogen-bond acceptors (Lipinski definition) is 3. The second-order valence-electron chi connectivity index (χ2n) is 5.17. The molecule has 2 aliphatic rings. The first-order valence-electron chi connectivity index (χ1n) is 6.76. The maximum atomic E-state index is 11.1. The highest BCUT2D eigenvalue weighted by Gasteiger charge is 2.30. The van der Waals surface area contributed by atoms with Gasteiger partial charge in [-0.05, 0) is 48.4 Å². The Morgan fingerprint density at radius 3 is 2.95 bits per heavy atom. The molecule has 3 rings (SSSR count). The molecule has 0 saturated carbocycles. The monoisotopic (exact) mass is 356 g/mol. The van der Waals surface area contributed by atoms with Crippen LogP contribution >= 0.6 is 39.5 Å². The topological polar surface area (TPSA) is 17.1 Å². The van der Waals surface area contributed by atoms with Gasteiger partial charge in [-0.3, -0.25) is 4.79 Å². The lowest BCUT2D eigenvalue weighted by Gasteiger charge is -2.34. The van der Waals surface area contributed by atoms with Crippen molar-refractivity contribution in [1.82, 2.24) is 0 Å². The van der Waals surface area contributed by atoms with Gasteiger partial charge in [-0.15, -0.1) is 0 Å². The van der Waals surface area contributed by atoms with Crippen molar-refractivity contribution in [2.24, 2.45) is 0 Å². The Labute approximate surface area is 131 Å². The molecule has 1 fully saturated rings. The van der Waals surface area contributed by atoms with Crippen molar-refractivity contribution in [3.05, 3.63) is 33.3 Å². The van der Waals surface area contributed by atoms with Crippen molar-refractivity contribution in [3.63, 3.8) is 0 Å². The molecular weight excluding hydrogens is 340 g/mol. The normalized spacial score (nSPS) is 26.8. The number of thioether (sulfide) groups is 2. The van der Waals surface area contributed by atoms with Crippen LogP contribution in [-0.4, -0.2) is 28.8 Å². The summed E-state index contributed by atoms with van der Waals surface area (Å²) in [7, 11) is 0. The van der Waals surface area contributed by atoms with E-state index in [1.165, 1.54) is 41.2 Å². The van der Waals surface area contributed by atoms with Gasteiger partial charge in [0.15, 0.2) is 6.29 Å². The van der Waals surface area contributed by atoms with Gasteiger partial charge in [-0.2, -0.15) is 23.5 Å². The summed E-state index contributed by atoms with van der Waals surface area (Å²) in [5.41, 5.74) is 3.69. The van der Waals surface area contributed by atoms with Gasteiger partial charge in [0, 0.05) is 32.5 Å². The molecule has 1 aromatic rings. The minimum atomic E-state index is 0.679. The van der Waals surface area contributed by atoms with E-state index in [0.717, 1.165) is 28.0 Å². The second-order valence-corrected chi connectivity index (χ2v) is 8.52. The van der Waals surface area contributed by atoms with Gasteiger partial charge in [-0.25, -0.2) is 0 Å². The van der Waals surface area contributed by atoms with E-state index in [1.807, 2.05) is 0 Å². The Kier molecular flexibility index (Phi) is 4.60. The second kappa shape index (κ2) is 6.23. The molecule has 2 unspecified atom stereocenters. The van der Waals surface area contributed by atoms with Gasteiger partial charge < -0.3 is 0 Å². The minimum absolute atomic E-state index is 0.679. The predicted octanol–water partition coefficient (Wildman–Crippen LogP) is 4.53.